The minimum absolute atomic E-state index is 0.0672. The smallest absolute Gasteiger partial charge is 0.328 e. The Bertz CT molecular complexity index is 922. The summed E-state index contributed by atoms with van der Waals surface area (Å²) in [7, 11) is 1.20. The predicted molar refractivity (Wildman–Crippen MR) is 112 cm³/mol. The highest BCUT2D eigenvalue weighted by Crippen LogP contribution is 2.22. The Morgan fingerprint density at radius 3 is 2.23 bits per heavy atom. The van der Waals surface area contributed by atoms with Gasteiger partial charge in [-0.2, -0.15) is 0 Å². The Labute approximate surface area is 183 Å². The van der Waals surface area contributed by atoms with Gasteiger partial charge in [-0.1, -0.05) is 41.4 Å². The van der Waals surface area contributed by atoms with Crippen molar-refractivity contribution in [1.82, 2.24) is 10.6 Å². The van der Waals surface area contributed by atoms with Gasteiger partial charge in [0.1, 0.15) is 17.9 Å². The van der Waals surface area contributed by atoms with Crippen LogP contribution in [0.5, 0.6) is 0 Å². The van der Waals surface area contributed by atoms with Crippen LogP contribution in [0.25, 0.3) is 0 Å². The summed E-state index contributed by atoms with van der Waals surface area (Å²) in [4.78, 5) is 36.7. The predicted octanol–water partition coefficient (Wildman–Crippen LogP) is 3.08. The number of methoxy groups -OCH3 is 1. The Kier molecular flexibility index (Phi) is 8.62. The molecule has 0 radical (unpaired) electrons. The standard InChI is InChI=1S/C21H21Cl2FN2O4/c1-12(27)25-18(9-13-3-7-16(24)8-4-13)20(28)26-19(21(29)30-2)10-14-5-6-15(22)11-17(14)23/h3-8,11,18-19H,9-10H2,1-2H3,(H,25,27)(H,26,28)/t18-,19-/m0/s1. The third-order valence-corrected chi connectivity index (χ3v) is 4.88. The van der Waals surface area contributed by atoms with E-state index < -0.39 is 35.7 Å². The van der Waals surface area contributed by atoms with Crippen molar-refractivity contribution in [2.24, 2.45) is 0 Å². The van der Waals surface area contributed by atoms with Crippen LogP contribution in [-0.4, -0.2) is 37.0 Å². The van der Waals surface area contributed by atoms with Crippen molar-refractivity contribution in [3.05, 3.63) is 69.5 Å². The van der Waals surface area contributed by atoms with Crippen molar-refractivity contribution >= 4 is 41.0 Å². The van der Waals surface area contributed by atoms with Crippen LogP contribution in [0.2, 0.25) is 10.0 Å². The molecular weight excluding hydrogens is 434 g/mol. The van der Waals surface area contributed by atoms with Crippen LogP contribution in [0.3, 0.4) is 0 Å². The second-order valence-corrected chi connectivity index (χ2v) is 7.45. The number of hydrogen-bond acceptors (Lipinski definition) is 4. The highest BCUT2D eigenvalue weighted by Gasteiger charge is 2.28. The monoisotopic (exact) mass is 454 g/mol. The molecule has 2 rings (SSSR count). The molecule has 30 heavy (non-hydrogen) atoms. The van der Waals surface area contributed by atoms with Crippen LogP contribution in [0, 0.1) is 5.82 Å². The van der Waals surface area contributed by atoms with E-state index in [1.807, 2.05) is 0 Å². The van der Waals surface area contributed by atoms with Gasteiger partial charge < -0.3 is 15.4 Å². The van der Waals surface area contributed by atoms with E-state index in [4.69, 9.17) is 27.9 Å². The zero-order chi connectivity index (χ0) is 22.3. The number of carbonyl (C=O) groups excluding carboxylic acids is 3. The topological polar surface area (TPSA) is 84.5 Å². The summed E-state index contributed by atoms with van der Waals surface area (Å²) in [6, 6.07) is 8.35. The lowest BCUT2D eigenvalue weighted by Gasteiger charge is -2.22. The molecule has 0 bridgehead atoms. The molecule has 2 aromatic rings. The van der Waals surface area contributed by atoms with Gasteiger partial charge in [0.05, 0.1) is 7.11 Å². The molecule has 0 aliphatic rings. The molecule has 0 spiro atoms. The van der Waals surface area contributed by atoms with E-state index in [0.717, 1.165) is 0 Å². The molecule has 0 saturated heterocycles. The fourth-order valence-electron chi connectivity index (χ4n) is 2.83. The lowest BCUT2D eigenvalue weighted by molar-refractivity contribution is -0.145. The molecule has 2 atom stereocenters. The first-order valence-corrected chi connectivity index (χ1v) is 9.79. The molecule has 0 aliphatic heterocycles. The fraction of sp³-hybridized carbons (Fsp3) is 0.286. The Balaban J connectivity index is 2.19. The van der Waals surface area contributed by atoms with Crippen molar-refractivity contribution in [2.75, 3.05) is 7.11 Å². The fourth-order valence-corrected chi connectivity index (χ4v) is 3.31. The van der Waals surface area contributed by atoms with Crippen LogP contribution in [0.15, 0.2) is 42.5 Å². The lowest BCUT2D eigenvalue weighted by Crippen LogP contribution is -2.53. The average molecular weight is 455 g/mol. The third-order valence-electron chi connectivity index (χ3n) is 4.29. The maximum absolute atomic E-state index is 13.1. The number of rotatable bonds is 8. The highest BCUT2D eigenvalue weighted by molar-refractivity contribution is 6.35. The van der Waals surface area contributed by atoms with Gasteiger partial charge >= 0.3 is 5.97 Å². The van der Waals surface area contributed by atoms with Crippen LogP contribution in [0.4, 0.5) is 4.39 Å². The van der Waals surface area contributed by atoms with Crippen molar-refractivity contribution in [3.63, 3.8) is 0 Å². The first-order chi connectivity index (χ1) is 14.2. The molecule has 2 aromatic carbocycles. The molecule has 160 valence electrons. The number of nitrogens with one attached hydrogen (secondary N) is 2. The molecule has 2 N–H and O–H groups in total. The second-order valence-electron chi connectivity index (χ2n) is 6.61. The average Bonchev–Trinajstić information content (AvgIpc) is 2.69. The Morgan fingerprint density at radius 2 is 1.67 bits per heavy atom. The summed E-state index contributed by atoms with van der Waals surface area (Å²) in [5.74, 6) is -2.09. The van der Waals surface area contributed by atoms with E-state index in [2.05, 4.69) is 10.6 Å². The molecule has 9 heteroatoms. The summed E-state index contributed by atoms with van der Waals surface area (Å²) in [6.45, 7) is 1.27. The summed E-state index contributed by atoms with van der Waals surface area (Å²) < 4.78 is 17.9. The van der Waals surface area contributed by atoms with E-state index in [-0.39, 0.29) is 12.8 Å². The first-order valence-electron chi connectivity index (χ1n) is 9.03. The zero-order valence-corrected chi connectivity index (χ0v) is 17.9. The largest absolute Gasteiger partial charge is 0.467 e. The van der Waals surface area contributed by atoms with E-state index >= 15 is 0 Å². The van der Waals surface area contributed by atoms with Crippen LogP contribution >= 0.6 is 23.2 Å². The minimum atomic E-state index is -1.04. The van der Waals surface area contributed by atoms with E-state index in [1.54, 1.807) is 12.1 Å². The van der Waals surface area contributed by atoms with Gasteiger partial charge in [-0.3, -0.25) is 9.59 Å². The summed E-state index contributed by atoms with van der Waals surface area (Å²) in [5.41, 5.74) is 1.23. The molecule has 0 heterocycles. The molecule has 0 aromatic heterocycles. The lowest BCUT2D eigenvalue weighted by atomic mass is 10.0. The van der Waals surface area contributed by atoms with Gasteiger partial charge in [0.25, 0.3) is 0 Å². The number of amides is 2. The molecule has 0 unspecified atom stereocenters. The quantitative estimate of drug-likeness (QED) is 0.600. The Morgan fingerprint density at radius 1 is 1.00 bits per heavy atom. The van der Waals surface area contributed by atoms with Gasteiger partial charge in [-0.15, -0.1) is 0 Å². The van der Waals surface area contributed by atoms with Crippen molar-refractivity contribution < 1.29 is 23.5 Å². The van der Waals surface area contributed by atoms with Crippen LogP contribution in [-0.2, 0) is 32.0 Å². The zero-order valence-electron chi connectivity index (χ0n) is 16.4. The summed E-state index contributed by atoms with van der Waals surface area (Å²) >= 11 is 12.1. The number of hydrogen-bond donors (Lipinski definition) is 2. The van der Waals surface area contributed by atoms with Gasteiger partial charge in [0.15, 0.2) is 0 Å². The number of halogens is 3. The molecule has 0 aliphatic carbocycles. The van der Waals surface area contributed by atoms with Crippen molar-refractivity contribution in [1.29, 1.82) is 0 Å². The van der Waals surface area contributed by atoms with Crippen molar-refractivity contribution in [3.8, 4) is 0 Å². The normalized spacial score (nSPS) is 12.6. The number of benzene rings is 2. The van der Waals surface area contributed by atoms with Crippen LogP contribution in [0.1, 0.15) is 18.1 Å². The van der Waals surface area contributed by atoms with Gasteiger partial charge in [-0.05, 0) is 35.4 Å². The second kappa shape index (κ2) is 10.9. The maximum atomic E-state index is 13.1. The minimum Gasteiger partial charge on any atom is -0.467 e. The molecule has 6 nitrogen and oxygen atoms in total. The third kappa shape index (κ3) is 7.00. The summed E-state index contributed by atoms with van der Waals surface area (Å²) in [6.07, 6.45) is 0.180. The van der Waals surface area contributed by atoms with Gasteiger partial charge in [-0.25, -0.2) is 9.18 Å². The Hall–Kier alpha value is -2.64. The number of esters is 1. The SMILES string of the molecule is COC(=O)[C@H](Cc1ccc(Cl)cc1Cl)NC(=O)[C@H](Cc1ccc(F)cc1)NC(C)=O. The van der Waals surface area contributed by atoms with Crippen molar-refractivity contribution in [2.45, 2.75) is 31.8 Å². The van der Waals surface area contributed by atoms with Gasteiger partial charge in [0, 0.05) is 29.8 Å². The molecule has 2 amide bonds. The van der Waals surface area contributed by atoms with E-state index in [1.165, 1.54) is 44.4 Å². The molecule has 0 fully saturated rings. The highest BCUT2D eigenvalue weighted by atomic mass is 35.5. The van der Waals surface area contributed by atoms with Gasteiger partial charge in [0.2, 0.25) is 11.8 Å². The summed E-state index contributed by atoms with van der Waals surface area (Å²) in [5, 5.41) is 5.93. The van der Waals surface area contributed by atoms with E-state index in [9.17, 15) is 18.8 Å². The van der Waals surface area contributed by atoms with E-state index in [0.29, 0.717) is 21.2 Å². The molecular formula is C21H21Cl2FN2O4. The number of ether oxygens (including phenoxy) is 1. The van der Waals surface area contributed by atoms with Crippen LogP contribution < -0.4 is 10.6 Å². The first kappa shape index (κ1) is 23.6. The molecule has 0 saturated carbocycles. The number of carbonyl (C=O) groups is 3. The maximum Gasteiger partial charge on any atom is 0.328 e.